The average molecular weight is 608 g/mol. The second kappa shape index (κ2) is 12.3. The predicted molar refractivity (Wildman–Crippen MR) is 177 cm³/mol. The van der Waals surface area contributed by atoms with Crippen molar-refractivity contribution in [1.29, 1.82) is 5.26 Å². The molecule has 1 saturated heterocycles. The number of amides is 1. The van der Waals surface area contributed by atoms with Gasteiger partial charge in [-0.3, -0.25) is 14.5 Å². The number of hydrogen-bond acceptors (Lipinski definition) is 7. The Bertz CT molecular complexity index is 2090. The van der Waals surface area contributed by atoms with Gasteiger partial charge in [-0.2, -0.15) is 15.5 Å². The van der Waals surface area contributed by atoms with Crippen molar-refractivity contribution >= 4 is 22.9 Å². The average Bonchev–Trinajstić information content (AvgIpc) is 3.74. The van der Waals surface area contributed by atoms with E-state index in [0.717, 1.165) is 82.8 Å². The topological polar surface area (TPSA) is 117 Å². The van der Waals surface area contributed by atoms with Gasteiger partial charge in [-0.1, -0.05) is 19.1 Å². The Labute approximate surface area is 267 Å². The Hall–Kier alpha value is -5.82. The zero-order valence-electron chi connectivity index (χ0n) is 25.8. The van der Waals surface area contributed by atoms with Crippen LogP contribution in [0.25, 0.3) is 27.8 Å². The van der Waals surface area contributed by atoms with Crippen molar-refractivity contribution < 1.29 is 4.79 Å². The van der Waals surface area contributed by atoms with Crippen LogP contribution in [-0.4, -0.2) is 41.8 Å². The van der Waals surface area contributed by atoms with E-state index in [1.54, 1.807) is 21.6 Å². The number of nitrogens with zero attached hydrogens (tertiary/aromatic N) is 8. The third-order valence-corrected chi connectivity index (χ3v) is 8.60. The maximum atomic E-state index is 13.0. The molecule has 0 radical (unpaired) electrons. The lowest BCUT2D eigenvalue weighted by Crippen LogP contribution is -2.34. The number of aromatic nitrogens is 6. The van der Waals surface area contributed by atoms with Gasteiger partial charge in [0, 0.05) is 71.9 Å². The summed E-state index contributed by atoms with van der Waals surface area (Å²) < 4.78 is 3.51. The Morgan fingerprint density at radius 1 is 0.978 bits per heavy atom. The fourth-order valence-electron chi connectivity index (χ4n) is 6.22. The van der Waals surface area contributed by atoms with Crippen molar-refractivity contribution in [2.24, 2.45) is 7.05 Å². The van der Waals surface area contributed by atoms with Crippen LogP contribution in [0.15, 0.2) is 91.8 Å². The van der Waals surface area contributed by atoms with Gasteiger partial charge in [-0.05, 0) is 73.7 Å². The molecule has 0 bridgehead atoms. The Morgan fingerprint density at radius 2 is 1.89 bits per heavy atom. The van der Waals surface area contributed by atoms with Gasteiger partial charge in [0.1, 0.15) is 11.9 Å². The second-order valence-corrected chi connectivity index (χ2v) is 11.6. The van der Waals surface area contributed by atoms with Crippen molar-refractivity contribution in [1.82, 2.24) is 29.4 Å². The minimum Gasteiger partial charge on any atom is -0.348 e. The molecule has 1 aromatic carbocycles. The number of pyridine rings is 3. The van der Waals surface area contributed by atoms with Gasteiger partial charge in [0.05, 0.1) is 35.2 Å². The highest BCUT2D eigenvalue weighted by Gasteiger charge is 2.27. The van der Waals surface area contributed by atoms with Gasteiger partial charge < -0.3 is 10.2 Å². The van der Waals surface area contributed by atoms with E-state index < -0.39 is 0 Å². The van der Waals surface area contributed by atoms with Crippen molar-refractivity contribution in [2.45, 2.75) is 38.6 Å². The molecule has 1 fully saturated rings. The minimum atomic E-state index is -0.135. The molecule has 0 spiro atoms. The van der Waals surface area contributed by atoms with E-state index in [9.17, 15) is 10.1 Å². The highest BCUT2D eigenvalue weighted by Crippen LogP contribution is 2.36. The number of piperidine rings is 1. The fourth-order valence-corrected chi connectivity index (χ4v) is 6.22. The van der Waals surface area contributed by atoms with E-state index in [1.165, 1.54) is 0 Å². The number of hydrogen-bond donors (Lipinski definition) is 1. The molecule has 228 valence electrons. The molecule has 1 unspecified atom stereocenters. The van der Waals surface area contributed by atoms with Crippen LogP contribution in [0.3, 0.4) is 0 Å². The zero-order chi connectivity index (χ0) is 31.6. The van der Waals surface area contributed by atoms with Crippen LogP contribution < -0.4 is 10.2 Å². The number of anilines is 2. The van der Waals surface area contributed by atoms with E-state index in [0.29, 0.717) is 11.1 Å². The molecule has 1 N–H and O–H groups in total. The number of carbonyl (C=O) groups is 1. The van der Waals surface area contributed by atoms with Crippen LogP contribution in [0.5, 0.6) is 0 Å². The molecule has 1 atom stereocenters. The van der Waals surface area contributed by atoms with Gasteiger partial charge in [0.25, 0.3) is 5.91 Å². The van der Waals surface area contributed by atoms with Gasteiger partial charge in [0.2, 0.25) is 0 Å². The van der Waals surface area contributed by atoms with Crippen LogP contribution >= 0.6 is 0 Å². The first-order valence-corrected chi connectivity index (χ1v) is 15.5. The molecule has 6 aromatic rings. The zero-order valence-corrected chi connectivity index (χ0v) is 25.8. The van der Waals surface area contributed by atoms with E-state index in [4.69, 9.17) is 9.97 Å². The summed E-state index contributed by atoms with van der Waals surface area (Å²) in [4.78, 5) is 25.0. The second-order valence-electron chi connectivity index (χ2n) is 11.6. The van der Waals surface area contributed by atoms with E-state index in [1.807, 2.05) is 74.3 Å². The molecule has 5 aromatic heterocycles. The number of nitrogens with one attached hydrogen (secondary N) is 1. The smallest absolute Gasteiger partial charge is 0.255 e. The maximum absolute atomic E-state index is 13.0. The molecule has 6 heterocycles. The summed E-state index contributed by atoms with van der Waals surface area (Å²) in [5.74, 6) is 0.721. The predicted octanol–water partition coefficient (Wildman–Crippen LogP) is 6.61. The van der Waals surface area contributed by atoms with Crippen LogP contribution in [0.1, 0.15) is 59.4 Å². The Kier molecular flexibility index (Phi) is 7.72. The monoisotopic (exact) mass is 607 g/mol. The molecule has 0 aliphatic carbocycles. The third-order valence-electron chi connectivity index (χ3n) is 8.60. The molecule has 1 amide bonds. The molecule has 1 aliphatic heterocycles. The van der Waals surface area contributed by atoms with Gasteiger partial charge in [-0.25, -0.2) is 9.50 Å². The van der Waals surface area contributed by atoms with E-state index >= 15 is 0 Å². The SMILES string of the molecule is CCc1cccc(C(=O)Nc2ccnc(C3CCCCN3c3ccc(-c4cc(-c5cnn(C)c5)cn5ncc(C#N)c45)cn3)c2)c1. The van der Waals surface area contributed by atoms with E-state index in [2.05, 4.69) is 45.5 Å². The summed E-state index contributed by atoms with van der Waals surface area (Å²) in [5.41, 5.74) is 8.29. The highest BCUT2D eigenvalue weighted by atomic mass is 16.1. The summed E-state index contributed by atoms with van der Waals surface area (Å²) in [7, 11) is 1.88. The summed E-state index contributed by atoms with van der Waals surface area (Å²) in [6.07, 6.45) is 14.9. The molecule has 0 saturated carbocycles. The van der Waals surface area contributed by atoms with Gasteiger partial charge in [0.15, 0.2) is 0 Å². The van der Waals surface area contributed by atoms with Crippen molar-refractivity contribution in [2.75, 3.05) is 16.8 Å². The number of fused-ring (bicyclic) bond motifs is 1. The molecule has 7 rings (SSSR count). The number of carbonyl (C=O) groups excluding carboxylic acids is 1. The number of nitriles is 1. The quantitative estimate of drug-likeness (QED) is 0.217. The molecule has 10 heteroatoms. The molecule has 46 heavy (non-hydrogen) atoms. The standard InChI is InChI=1S/C36H33N9O/c1-3-24-7-6-8-25(15-24)36(46)42-30-12-13-38-32(17-30)33-9-4-5-14-44(33)34-11-10-26(19-39-34)31-16-27(29-21-40-43(2)22-29)23-45-35(31)28(18-37)20-41-45/h6-8,10-13,15-17,19-23,33H,3-5,9,14H2,1-2H3,(H,38,42,46). The van der Waals surface area contributed by atoms with Gasteiger partial charge >= 0.3 is 0 Å². The Morgan fingerprint density at radius 3 is 2.67 bits per heavy atom. The first-order valence-electron chi connectivity index (χ1n) is 15.5. The van der Waals surface area contributed by atoms with Crippen molar-refractivity contribution in [3.8, 4) is 28.3 Å². The lowest BCUT2D eigenvalue weighted by Gasteiger charge is -2.36. The Balaban J connectivity index is 1.18. The summed E-state index contributed by atoms with van der Waals surface area (Å²) >= 11 is 0. The third kappa shape index (κ3) is 5.59. The number of aryl methyl sites for hydroxylation is 2. The van der Waals surface area contributed by atoms with E-state index in [-0.39, 0.29) is 11.9 Å². The molecule has 10 nitrogen and oxygen atoms in total. The fraction of sp³-hybridized carbons (Fsp3) is 0.222. The normalized spacial score (nSPS) is 14.7. The lowest BCUT2D eigenvalue weighted by molar-refractivity contribution is 0.102. The van der Waals surface area contributed by atoms with Crippen LogP contribution in [0.4, 0.5) is 11.5 Å². The largest absolute Gasteiger partial charge is 0.348 e. The van der Waals surface area contributed by atoms with Gasteiger partial charge in [-0.15, -0.1) is 0 Å². The highest BCUT2D eigenvalue weighted by molar-refractivity contribution is 6.04. The number of benzene rings is 1. The molecular weight excluding hydrogens is 574 g/mol. The number of rotatable bonds is 7. The van der Waals surface area contributed by atoms with Crippen LogP contribution in [0.2, 0.25) is 0 Å². The summed E-state index contributed by atoms with van der Waals surface area (Å²) in [5, 5.41) is 21.7. The first kappa shape index (κ1) is 28.9. The van der Waals surface area contributed by atoms with Crippen molar-refractivity contribution in [3.05, 3.63) is 114 Å². The van der Waals surface area contributed by atoms with Crippen LogP contribution in [-0.2, 0) is 13.5 Å². The lowest BCUT2D eigenvalue weighted by atomic mass is 9.98. The minimum absolute atomic E-state index is 0.0213. The molecular formula is C36H33N9O. The summed E-state index contributed by atoms with van der Waals surface area (Å²) in [6.45, 7) is 2.93. The first-order chi connectivity index (χ1) is 22.5. The summed E-state index contributed by atoms with van der Waals surface area (Å²) in [6, 6.07) is 20.0. The van der Waals surface area contributed by atoms with Crippen molar-refractivity contribution in [3.63, 3.8) is 0 Å². The molecule has 1 aliphatic rings. The van der Waals surface area contributed by atoms with Crippen LogP contribution in [0, 0.1) is 11.3 Å². The maximum Gasteiger partial charge on any atom is 0.255 e.